The van der Waals surface area contributed by atoms with E-state index in [0.717, 1.165) is 29.5 Å². The number of carbonyl (C=O) groups is 3. The molecule has 0 aromatic heterocycles. The number of anilines is 1. The number of fused-ring (bicyclic) bond motifs is 1. The normalized spacial score (nSPS) is 18.1. The Morgan fingerprint density at radius 3 is 2.52 bits per heavy atom. The molecule has 2 aliphatic rings. The van der Waals surface area contributed by atoms with Gasteiger partial charge < -0.3 is 5.32 Å². The standard InChI is InChI=1S/C22H20N2O3/c25-20(11-6-15-4-2-1-3-5-15)23-17-9-7-16-8-10-19(18(16)14-17)24-21(26)12-13-22(24)27/h1-5,7,9,12-14,19H,6,8,10-11H2,(H,23,25)/t19-/m0/s1. The van der Waals surface area contributed by atoms with Gasteiger partial charge in [-0.3, -0.25) is 19.3 Å². The van der Waals surface area contributed by atoms with Crippen LogP contribution in [-0.2, 0) is 27.2 Å². The molecular formula is C22H20N2O3. The lowest BCUT2D eigenvalue weighted by Crippen LogP contribution is -2.33. The molecule has 4 rings (SSSR count). The Hall–Kier alpha value is -3.21. The van der Waals surface area contributed by atoms with Crippen LogP contribution in [0.1, 0.15) is 35.6 Å². The highest BCUT2D eigenvalue weighted by molar-refractivity contribution is 6.13. The molecule has 1 aliphatic carbocycles. The van der Waals surface area contributed by atoms with Crippen LogP contribution < -0.4 is 5.32 Å². The van der Waals surface area contributed by atoms with Gasteiger partial charge >= 0.3 is 0 Å². The molecule has 0 radical (unpaired) electrons. The van der Waals surface area contributed by atoms with E-state index in [0.29, 0.717) is 18.5 Å². The molecule has 0 spiro atoms. The lowest BCUT2D eigenvalue weighted by molar-refractivity contribution is -0.139. The van der Waals surface area contributed by atoms with Crippen molar-refractivity contribution in [2.24, 2.45) is 0 Å². The molecule has 3 amide bonds. The van der Waals surface area contributed by atoms with Crippen molar-refractivity contribution in [3.63, 3.8) is 0 Å². The van der Waals surface area contributed by atoms with Crippen molar-refractivity contribution in [1.29, 1.82) is 0 Å². The molecular weight excluding hydrogens is 340 g/mol. The number of hydrogen-bond donors (Lipinski definition) is 1. The van der Waals surface area contributed by atoms with Gasteiger partial charge in [-0.1, -0.05) is 36.4 Å². The maximum atomic E-state index is 12.3. The van der Waals surface area contributed by atoms with Gasteiger partial charge in [-0.2, -0.15) is 0 Å². The second-order valence-electron chi connectivity index (χ2n) is 6.88. The lowest BCUT2D eigenvalue weighted by atomic mass is 10.1. The van der Waals surface area contributed by atoms with Crippen LogP contribution in [0.4, 0.5) is 5.69 Å². The van der Waals surface area contributed by atoms with Gasteiger partial charge in [0.05, 0.1) is 6.04 Å². The highest BCUT2D eigenvalue weighted by atomic mass is 16.2. The Morgan fingerprint density at radius 2 is 1.78 bits per heavy atom. The van der Waals surface area contributed by atoms with Crippen molar-refractivity contribution in [3.8, 4) is 0 Å². The van der Waals surface area contributed by atoms with Crippen LogP contribution in [0.3, 0.4) is 0 Å². The van der Waals surface area contributed by atoms with E-state index < -0.39 is 0 Å². The second-order valence-corrected chi connectivity index (χ2v) is 6.88. The first-order chi connectivity index (χ1) is 13.1. The van der Waals surface area contributed by atoms with E-state index in [1.807, 2.05) is 48.5 Å². The third-order valence-corrected chi connectivity index (χ3v) is 5.11. The lowest BCUT2D eigenvalue weighted by Gasteiger charge is -2.23. The van der Waals surface area contributed by atoms with E-state index in [4.69, 9.17) is 0 Å². The van der Waals surface area contributed by atoms with Gasteiger partial charge in [0.1, 0.15) is 0 Å². The van der Waals surface area contributed by atoms with Gasteiger partial charge in [-0.05, 0) is 48.1 Å². The maximum absolute atomic E-state index is 12.3. The van der Waals surface area contributed by atoms with Crippen molar-refractivity contribution < 1.29 is 14.4 Å². The van der Waals surface area contributed by atoms with Crippen LogP contribution in [0.15, 0.2) is 60.7 Å². The SMILES string of the molecule is O=C(CCc1ccccc1)Nc1ccc2c(c1)[C@@H](N1C(=O)C=CC1=O)CC2. The zero-order valence-corrected chi connectivity index (χ0v) is 14.9. The van der Waals surface area contributed by atoms with Crippen LogP contribution in [0.2, 0.25) is 0 Å². The summed E-state index contributed by atoms with van der Waals surface area (Å²) in [5, 5.41) is 2.93. The summed E-state index contributed by atoms with van der Waals surface area (Å²) < 4.78 is 0. The van der Waals surface area contributed by atoms with Gasteiger partial charge in [-0.25, -0.2) is 0 Å². The number of aryl methyl sites for hydroxylation is 2. The molecule has 5 heteroatoms. The second kappa shape index (κ2) is 7.19. The molecule has 0 saturated heterocycles. The fourth-order valence-electron chi connectivity index (χ4n) is 3.77. The number of amides is 3. The molecule has 0 bridgehead atoms. The summed E-state index contributed by atoms with van der Waals surface area (Å²) >= 11 is 0. The van der Waals surface area contributed by atoms with Crippen molar-refractivity contribution >= 4 is 23.4 Å². The molecule has 136 valence electrons. The Labute approximate surface area is 157 Å². The van der Waals surface area contributed by atoms with Crippen molar-refractivity contribution in [2.75, 3.05) is 5.32 Å². The number of nitrogens with zero attached hydrogens (tertiary/aromatic N) is 1. The summed E-state index contributed by atoms with van der Waals surface area (Å²) in [7, 11) is 0. The zero-order chi connectivity index (χ0) is 18.8. The summed E-state index contributed by atoms with van der Waals surface area (Å²) in [5.41, 5.74) is 3.89. The summed E-state index contributed by atoms with van der Waals surface area (Å²) in [6.07, 6.45) is 5.25. The summed E-state index contributed by atoms with van der Waals surface area (Å²) in [6.45, 7) is 0. The highest BCUT2D eigenvalue weighted by Gasteiger charge is 2.36. The van der Waals surface area contributed by atoms with E-state index >= 15 is 0 Å². The number of hydrogen-bond acceptors (Lipinski definition) is 3. The average molecular weight is 360 g/mol. The predicted octanol–water partition coefficient (Wildman–Crippen LogP) is 3.17. The number of imide groups is 1. The van der Waals surface area contributed by atoms with Crippen LogP contribution in [0, 0.1) is 0 Å². The zero-order valence-electron chi connectivity index (χ0n) is 14.9. The Kier molecular flexibility index (Phi) is 4.59. The van der Waals surface area contributed by atoms with E-state index in [1.54, 1.807) is 0 Å². The molecule has 1 heterocycles. The third-order valence-electron chi connectivity index (χ3n) is 5.11. The van der Waals surface area contributed by atoms with E-state index in [-0.39, 0.29) is 23.8 Å². The minimum absolute atomic E-state index is 0.0525. The monoisotopic (exact) mass is 360 g/mol. The number of benzene rings is 2. The molecule has 2 aromatic carbocycles. The van der Waals surface area contributed by atoms with E-state index in [9.17, 15) is 14.4 Å². The highest BCUT2D eigenvalue weighted by Crippen LogP contribution is 2.38. The van der Waals surface area contributed by atoms with Crippen LogP contribution in [0.5, 0.6) is 0 Å². The van der Waals surface area contributed by atoms with Crippen LogP contribution >= 0.6 is 0 Å². The van der Waals surface area contributed by atoms with Gasteiger partial charge in [-0.15, -0.1) is 0 Å². The van der Waals surface area contributed by atoms with E-state index in [2.05, 4.69) is 5.32 Å². The van der Waals surface area contributed by atoms with Gasteiger partial charge in [0.15, 0.2) is 0 Å². The first kappa shape index (κ1) is 17.2. The fraction of sp³-hybridized carbons (Fsp3) is 0.227. The summed E-state index contributed by atoms with van der Waals surface area (Å²) in [6, 6.07) is 15.4. The summed E-state index contributed by atoms with van der Waals surface area (Å²) in [4.78, 5) is 37.6. The Bertz CT molecular complexity index is 916. The molecule has 0 unspecified atom stereocenters. The van der Waals surface area contributed by atoms with Crippen molar-refractivity contribution in [2.45, 2.75) is 31.7 Å². The Morgan fingerprint density at radius 1 is 1.04 bits per heavy atom. The van der Waals surface area contributed by atoms with Gasteiger partial charge in [0.25, 0.3) is 11.8 Å². The smallest absolute Gasteiger partial charge is 0.254 e. The maximum Gasteiger partial charge on any atom is 0.254 e. The predicted molar refractivity (Wildman–Crippen MR) is 102 cm³/mol. The molecule has 1 atom stereocenters. The molecule has 2 aromatic rings. The minimum Gasteiger partial charge on any atom is -0.326 e. The molecule has 0 saturated carbocycles. The topological polar surface area (TPSA) is 66.5 Å². The van der Waals surface area contributed by atoms with Gasteiger partial charge in [0, 0.05) is 24.3 Å². The molecule has 1 aliphatic heterocycles. The average Bonchev–Trinajstić information content (AvgIpc) is 3.23. The number of rotatable bonds is 5. The summed E-state index contributed by atoms with van der Waals surface area (Å²) in [5.74, 6) is -0.589. The first-order valence-corrected chi connectivity index (χ1v) is 9.13. The molecule has 0 fully saturated rings. The molecule has 1 N–H and O–H groups in total. The Balaban J connectivity index is 1.45. The molecule has 5 nitrogen and oxygen atoms in total. The van der Waals surface area contributed by atoms with Gasteiger partial charge in [0.2, 0.25) is 5.91 Å². The quantitative estimate of drug-likeness (QED) is 0.833. The van der Waals surface area contributed by atoms with E-state index in [1.165, 1.54) is 17.1 Å². The van der Waals surface area contributed by atoms with Crippen LogP contribution in [0.25, 0.3) is 0 Å². The fourth-order valence-corrected chi connectivity index (χ4v) is 3.77. The minimum atomic E-state index is -0.268. The van der Waals surface area contributed by atoms with Crippen molar-refractivity contribution in [3.05, 3.63) is 77.4 Å². The third kappa shape index (κ3) is 3.53. The largest absolute Gasteiger partial charge is 0.326 e. The molecule has 27 heavy (non-hydrogen) atoms. The van der Waals surface area contributed by atoms with Crippen LogP contribution in [-0.4, -0.2) is 22.6 Å². The first-order valence-electron chi connectivity index (χ1n) is 9.13. The number of carbonyl (C=O) groups excluding carboxylic acids is 3. The number of nitrogens with one attached hydrogen (secondary N) is 1. The van der Waals surface area contributed by atoms with Crippen molar-refractivity contribution in [1.82, 2.24) is 4.90 Å².